The molecule has 0 saturated heterocycles. The third kappa shape index (κ3) is 4.58. The molecule has 0 bridgehead atoms. The van der Waals surface area contributed by atoms with E-state index < -0.39 is 11.9 Å². The van der Waals surface area contributed by atoms with Crippen molar-refractivity contribution in [2.24, 2.45) is 0 Å². The summed E-state index contributed by atoms with van der Waals surface area (Å²) in [7, 11) is 0. The third-order valence-corrected chi connectivity index (χ3v) is 4.37. The molecule has 27 heavy (non-hydrogen) atoms. The van der Waals surface area contributed by atoms with Gasteiger partial charge in [-0.2, -0.15) is 0 Å². The Morgan fingerprint density at radius 3 is 2.19 bits per heavy atom. The molecule has 136 valence electrons. The molecule has 7 heteroatoms. The predicted octanol–water partition coefficient (Wildman–Crippen LogP) is 5.74. The van der Waals surface area contributed by atoms with Crippen molar-refractivity contribution in [2.45, 2.75) is 0 Å². The van der Waals surface area contributed by atoms with Gasteiger partial charge in [0, 0.05) is 17.7 Å². The maximum Gasteiger partial charge on any atom is 0.337 e. The Kier molecular flexibility index (Phi) is 5.64. The molecular weight excluding hydrogens is 389 g/mol. The maximum absolute atomic E-state index is 12.4. The molecule has 3 aromatic rings. The normalized spacial score (nSPS) is 10.3. The lowest BCUT2D eigenvalue weighted by molar-refractivity contribution is 0.0698. The Hall–Kier alpha value is -3.02. The van der Waals surface area contributed by atoms with Gasteiger partial charge in [-0.25, -0.2) is 4.79 Å². The number of rotatable bonds is 5. The average Bonchev–Trinajstić information content (AvgIpc) is 2.65. The molecule has 5 nitrogen and oxygen atoms in total. The summed E-state index contributed by atoms with van der Waals surface area (Å²) < 4.78 is 5.69. The first-order valence-corrected chi connectivity index (χ1v) is 8.56. The molecule has 1 amide bonds. The van der Waals surface area contributed by atoms with Crippen LogP contribution in [-0.4, -0.2) is 17.0 Å². The van der Waals surface area contributed by atoms with Crippen molar-refractivity contribution < 1.29 is 19.4 Å². The van der Waals surface area contributed by atoms with Gasteiger partial charge in [0.15, 0.2) is 0 Å². The summed E-state index contributed by atoms with van der Waals surface area (Å²) >= 11 is 11.8. The molecule has 0 radical (unpaired) electrons. The summed E-state index contributed by atoms with van der Waals surface area (Å²) in [6.45, 7) is 0. The van der Waals surface area contributed by atoms with E-state index in [1.807, 2.05) is 0 Å². The second-order valence-electron chi connectivity index (χ2n) is 5.51. The first-order valence-electron chi connectivity index (χ1n) is 7.80. The minimum atomic E-state index is -1.17. The molecule has 0 unspecified atom stereocenters. The molecule has 0 fully saturated rings. The van der Waals surface area contributed by atoms with E-state index in [0.29, 0.717) is 27.1 Å². The number of carboxylic acids is 1. The molecule has 0 heterocycles. The topological polar surface area (TPSA) is 75.6 Å². The fraction of sp³-hybridized carbons (Fsp3) is 0. The average molecular weight is 402 g/mol. The summed E-state index contributed by atoms with van der Waals surface area (Å²) in [6.07, 6.45) is 0. The van der Waals surface area contributed by atoms with Crippen molar-refractivity contribution in [3.05, 3.63) is 87.9 Å². The fourth-order valence-electron chi connectivity index (χ4n) is 2.34. The number of ether oxygens (including phenoxy) is 1. The number of carbonyl (C=O) groups is 2. The lowest BCUT2D eigenvalue weighted by Gasteiger charge is -2.12. The zero-order valence-electron chi connectivity index (χ0n) is 13.8. The Balaban J connectivity index is 1.89. The van der Waals surface area contributed by atoms with Crippen LogP contribution in [0, 0.1) is 0 Å². The largest absolute Gasteiger partial charge is 0.478 e. The molecule has 0 atom stereocenters. The monoisotopic (exact) mass is 401 g/mol. The standard InChI is InChI=1S/C20H13Cl2NO4/c21-16-9-7-13(10-17(16)22)27-14-6-8-15(20(25)26)18(11-14)23-19(24)12-4-2-1-3-5-12/h1-11H,(H,23,24)(H,25,26). The van der Waals surface area contributed by atoms with E-state index in [9.17, 15) is 14.7 Å². The van der Waals surface area contributed by atoms with E-state index in [-0.39, 0.29) is 11.3 Å². The van der Waals surface area contributed by atoms with Gasteiger partial charge in [-0.3, -0.25) is 4.79 Å². The Morgan fingerprint density at radius 1 is 0.852 bits per heavy atom. The van der Waals surface area contributed by atoms with E-state index in [0.717, 1.165) is 0 Å². The van der Waals surface area contributed by atoms with E-state index >= 15 is 0 Å². The maximum atomic E-state index is 12.4. The predicted molar refractivity (Wildman–Crippen MR) is 104 cm³/mol. The van der Waals surface area contributed by atoms with Gasteiger partial charge in [0.25, 0.3) is 5.91 Å². The number of anilines is 1. The Morgan fingerprint density at radius 2 is 1.52 bits per heavy atom. The number of nitrogens with one attached hydrogen (secondary N) is 1. The highest BCUT2D eigenvalue weighted by Crippen LogP contribution is 2.31. The van der Waals surface area contributed by atoms with Crippen LogP contribution >= 0.6 is 23.2 Å². The SMILES string of the molecule is O=C(Nc1cc(Oc2ccc(Cl)c(Cl)c2)ccc1C(=O)O)c1ccccc1. The number of amides is 1. The van der Waals surface area contributed by atoms with E-state index in [4.69, 9.17) is 27.9 Å². The molecule has 3 aromatic carbocycles. The van der Waals surface area contributed by atoms with Gasteiger partial charge in [-0.1, -0.05) is 41.4 Å². The van der Waals surface area contributed by atoms with Crippen LogP contribution in [0.2, 0.25) is 10.0 Å². The van der Waals surface area contributed by atoms with Crippen LogP contribution in [0.25, 0.3) is 0 Å². The lowest BCUT2D eigenvalue weighted by Crippen LogP contribution is -2.14. The summed E-state index contributed by atoms with van der Waals surface area (Å²) in [4.78, 5) is 23.8. The Labute approximate surface area is 165 Å². The van der Waals surface area contributed by atoms with Crippen LogP contribution in [-0.2, 0) is 0 Å². The van der Waals surface area contributed by atoms with E-state index in [2.05, 4.69) is 5.32 Å². The molecular formula is C20H13Cl2NO4. The van der Waals surface area contributed by atoms with Gasteiger partial charge in [-0.15, -0.1) is 0 Å². The second-order valence-corrected chi connectivity index (χ2v) is 6.33. The van der Waals surface area contributed by atoms with E-state index in [1.54, 1.807) is 42.5 Å². The second kappa shape index (κ2) is 8.12. The quantitative estimate of drug-likeness (QED) is 0.571. The van der Waals surface area contributed by atoms with Crippen molar-refractivity contribution >= 4 is 40.8 Å². The van der Waals surface area contributed by atoms with Crippen LogP contribution in [0.15, 0.2) is 66.7 Å². The lowest BCUT2D eigenvalue weighted by atomic mass is 10.1. The van der Waals surface area contributed by atoms with Gasteiger partial charge < -0.3 is 15.2 Å². The summed E-state index contributed by atoms with van der Waals surface area (Å²) in [6, 6.07) is 17.5. The number of hydrogen-bond acceptors (Lipinski definition) is 3. The zero-order valence-corrected chi connectivity index (χ0v) is 15.3. The smallest absolute Gasteiger partial charge is 0.337 e. The Bertz CT molecular complexity index is 1010. The number of carbonyl (C=O) groups excluding carboxylic acids is 1. The highest BCUT2D eigenvalue weighted by molar-refractivity contribution is 6.42. The summed E-state index contributed by atoms with van der Waals surface area (Å²) in [5.74, 6) is -0.834. The first-order chi connectivity index (χ1) is 12.9. The highest BCUT2D eigenvalue weighted by atomic mass is 35.5. The summed E-state index contributed by atoms with van der Waals surface area (Å²) in [5, 5.41) is 12.7. The molecule has 0 aromatic heterocycles. The van der Waals surface area contributed by atoms with Crippen molar-refractivity contribution in [1.29, 1.82) is 0 Å². The van der Waals surface area contributed by atoms with Gasteiger partial charge in [0.1, 0.15) is 11.5 Å². The zero-order chi connectivity index (χ0) is 19.4. The summed E-state index contributed by atoms with van der Waals surface area (Å²) in [5.41, 5.74) is 0.472. The molecule has 0 aliphatic carbocycles. The minimum absolute atomic E-state index is 0.0548. The van der Waals surface area contributed by atoms with Gasteiger partial charge >= 0.3 is 5.97 Å². The number of benzene rings is 3. The number of aromatic carboxylic acids is 1. The molecule has 0 spiro atoms. The molecule has 2 N–H and O–H groups in total. The number of hydrogen-bond donors (Lipinski definition) is 2. The molecule has 3 rings (SSSR count). The first kappa shape index (κ1) is 18.8. The van der Waals surface area contributed by atoms with Crippen LogP contribution in [0.1, 0.15) is 20.7 Å². The number of carboxylic acid groups (broad SMARTS) is 1. The van der Waals surface area contributed by atoms with Crippen LogP contribution in [0.4, 0.5) is 5.69 Å². The van der Waals surface area contributed by atoms with Crippen molar-refractivity contribution in [2.75, 3.05) is 5.32 Å². The molecule has 0 saturated carbocycles. The van der Waals surface area contributed by atoms with Crippen LogP contribution < -0.4 is 10.1 Å². The van der Waals surface area contributed by atoms with Crippen LogP contribution in [0.3, 0.4) is 0 Å². The van der Waals surface area contributed by atoms with Crippen LogP contribution in [0.5, 0.6) is 11.5 Å². The minimum Gasteiger partial charge on any atom is -0.478 e. The van der Waals surface area contributed by atoms with Gasteiger partial charge in [-0.05, 0) is 36.4 Å². The highest BCUT2D eigenvalue weighted by Gasteiger charge is 2.15. The van der Waals surface area contributed by atoms with Gasteiger partial charge in [0.05, 0.1) is 21.3 Å². The fourth-order valence-corrected chi connectivity index (χ4v) is 2.63. The van der Waals surface area contributed by atoms with E-state index in [1.165, 1.54) is 24.3 Å². The van der Waals surface area contributed by atoms with Crippen molar-refractivity contribution in [1.82, 2.24) is 0 Å². The third-order valence-electron chi connectivity index (χ3n) is 3.63. The molecule has 0 aliphatic rings. The van der Waals surface area contributed by atoms with Gasteiger partial charge in [0.2, 0.25) is 0 Å². The van der Waals surface area contributed by atoms with Crippen molar-refractivity contribution in [3.63, 3.8) is 0 Å². The number of halogens is 2. The molecule has 0 aliphatic heterocycles. The van der Waals surface area contributed by atoms with Crippen molar-refractivity contribution in [3.8, 4) is 11.5 Å².